The fourth-order valence-corrected chi connectivity index (χ4v) is 2.93. The first-order valence-electron chi connectivity index (χ1n) is 7.48. The highest BCUT2D eigenvalue weighted by Gasteiger charge is 2.09. The van der Waals surface area contributed by atoms with Gasteiger partial charge in [0.25, 0.3) is 0 Å². The Bertz CT molecular complexity index is 997. The number of sulfonamides is 1. The van der Waals surface area contributed by atoms with Crippen LogP contribution in [0.25, 0.3) is 0 Å². The van der Waals surface area contributed by atoms with E-state index < -0.39 is 10.0 Å². The van der Waals surface area contributed by atoms with E-state index >= 15 is 0 Å². The Kier molecular flexibility index (Phi) is 5.45. The van der Waals surface area contributed by atoms with Gasteiger partial charge in [0.2, 0.25) is 16.0 Å². The molecule has 26 heavy (non-hydrogen) atoms. The summed E-state index contributed by atoms with van der Waals surface area (Å²) in [5.41, 5.74) is 1.52. The average molecular weight is 435 g/mol. The first-order chi connectivity index (χ1) is 12.4. The number of halogens is 1. The first kappa shape index (κ1) is 18.2. The van der Waals surface area contributed by atoms with Crippen molar-refractivity contribution in [3.05, 3.63) is 65.0 Å². The SMILES string of the molecule is NS(=O)(=O)c1ccc(Nc2ncc(Br)c(NCc3ccccn3)n2)cc1. The molecule has 0 unspecified atom stereocenters. The molecule has 8 nitrogen and oxygen atoms in total. The Morgan fingerprint density at radius 2 is 1.85 bits per heavy atom. The summed E-state index contributed by atoms with van der Waals surface area (Å²) < 4.78 is 23.3. The van der Waals surface area contributed by atoms with Gasteiger partial charge in [0.15, 0.2) is 0 Å². The normalized spacial score (nSPS) is 11.2. The van der Waals surface area contributed by atoms with Gasteiger partial charge in [-0.3, -0.25) is 4.98 Å². The summed E-state index contributed by atoms with van der Waals surface area (Å²) in [5, 5.41) is 11.3. The number of nitrogens with zero attached hydrogens (tertiary/aromatic N) is 3. The molecule has 4 N–H and O–H groups in total. The third-order valence-electron chi connectivity index (χ3n) is 3.35. The smallest absolute Gasteiger partial charge is 0.238 e. The minimum atomic E-state index is -3.72. The van der Waals surface area contributed by atoms with Crippen molar-refractivity contribution < 1.29 is 8.42 Å². The molecule has 0 radical (unpaired) electrons. The molecule has 2 aromatic heterocycles. The Morgan fingerprint density at radius 3 is 2.50 bits per heavy atom. The molecule has 0 bridgehead atoms. The molecule has 3 aromatic rings. The molecule has 0 aliphatic carbocycles. The second-order valence-electron chi connectivity index (χ2n) is 5.26. The number of rotatable bonds is 6. The maximum Gasteiger partial charge on any atom is 0.238 e. The van der Waals surface area contributed by atoms with Gasteiger partial charge in [-0.2, -0.15) is 4.98 Å². The van der Waals surface area contributed by atoms with Crippen molar-refractivity contribution in [2.45, 2.75) is 11.4 Å². The summed E-state index contributed by atoms with van der Waals surface area (Å²) in [6, 6.07) is 11.7. The lowest BCUT2D eigenvalue weighted by atomic mass is 10.3. The summed E-state index contributed by atoms with van der Waals surface area (Å²) in [5.74, 6) is 0.967. The van der Waals surface area contributed by atoms with Crippen LogP contribution in [0.4, 0.5) is 17.5 Å². The number of pyridine rings is 1. The minimum Gasteiger partial charge on any atom is -0.363 e. The summed E-state index contributed by atoms with van der Waals surface area (Å²) in [6.07, 6.45) is 3.35. The predicted molar refractivity (Wildman–Crippen MR) is 102 cm³/mol. The van der Waals surface area contributed by atoms with Crippen LogP contribution in [0.15, 0.2) is 64.2 Å². The number of aromatic nitrogens is 3. The van der Waals surface area contributed by atoms with Crippen LogP contribution in [0, 0.1) is 0 Å². The lowest BCUT2D eigenvalue weighted by Crippen LogP contribution is -2.11. The highest BCUT2D eigenvalue weighted by Crippen LogP contribution is 2.23. The largest absolute Gasteiger partial charge is 0.363 e. The molecule has 10 heteroatoms. The van der Waals surface area contributed by atoms with E-state index in [0.717, 1.165) is 5.69 Å². The molecule has 0 saturated heterocycles. The molecule has 3 rings (SSSR count). The van der Waals surface area contributed by atoms with Gasteiger partial charge in [-0.25, -0.2) is 18.5 Å². The van der Waals surface area contributed by atoms with E-state index in [0.29, 0.717) is 28.5 Å². The van der Waals surface area contributed by atoms with Crippen LogP contribution in [0.2, 0.25) is 0 Å². The second kappa shape index (κ2) is 7.77. The van der Waals surface area contributed by atoms with Crippen LogP contribution >= 0.6 is 15.9 Å². The van der Waals surface area contributed by atoms with Crippen LogP contribution in [0.1, 0.15) is 5.69 Å². The van der Waals surface area contributed by atoms with Gasteiger partial charge in [0.1, 0.15) is 5.82 Å². The number of hydrogen-bond donors (Lipinski definition) is 3. The maximum absolute atomic E-state index is 11.3. The third kappa shape index (κ3) is 4.75. The minimum absolute atomic E-state index is 0.0393. The van der Waals surface area contributed by atoms with Gasteiger partial charge in [-0.15, -0.1) is 0 Å². The average Bonchev–Trinajstić information content (AvgIpc) is 2.63. The van der Waals surface area contributed by atoms with Crippen molar-refractivity contribution in [1.82, 2.24) is 15.0 Å². The van der Waals surface area contributed by atoms with Crippen molar-refractivity contribution >= 4 is 43.4 Å². The first-order valence-corrected chi connectivity index (χ1v) is 9.82. The van der Waals surface area contributed by atoms with Gasteiger partial charge in [-0.1, -0.05) is 6.07 Å². The zero-order chi connectivity index (χ0) is 18.6. The number of nitrogens with two attached hydrogens (primary N) is 1. The summed E-state index contributed by atoms with van der Waals surface area (Å²) in [7, 11) is -3.72. The number of anilines is 3. The fourth-order valence-electron chi connectivity index (χ4n) is 2.09. The van der Waals surface area contributed by atoms with Crippen LogP contribution in [0.3, 0.4) is 0 Å². The van der Waals surface area contributed by atoms with Gasteiger partial charge in [0, 0.05) is 18.1 Å². The topological polar surface area (TPSA) is 123 Å². The van der Waals surface area contributed by atoms with Crippen LogP contribution in [0.5, 0.6) is 0 Å². The summed E-state index contributed by atoms with van der Waals surface area (Å²) >= 11 is 3.40. The van der Waals surface area contributed by atoms with Crippen LogP contribution in [-0.2, 0) is 16.6 Å². The van der Waals surface area contributed by atoms with E-state index in [1.54, 1.807) is 24.5 Å². The number of nitrogens with one attached hydrogen (secondary N) is 2. The molecule has 0 spiro atoms. The molecule has 0 fully saturated rings. The van der Waals surface area contributed by atoms with Gasteiger partial charge in [0.05, 0.1) is 21.6 Å². The maximum atomic E-state index is 11.3. The van der Waals surface area contributed by atoms with Crippen molar-refractivity contribution in [2.75, 3.05) is 10.6 Å². The van der Waals surface area contributed by atoms with E-state index in [1.807, 2.05) is 18.2 Å². The third-order valence-corrected chi connectivity index (χ3v) is 4.86. The quantitative estimate of drug-likeness (QED) is 0.544. The summed E-state index contributed by atoms with van der Waals surface area (Å²) in [4.78, 5) is 12.9. The van der Waals surface area contributed by atoms with Crippen molar-refractivity contribution in [1.29, 1.82) is 0 Å². The molecule has 1 aromatic carbocycles. The Labute approximate surface area is 159 Å². The molecule has 0 aliphatic rings. The number of hydrogen-bond acceptors (Lipinski definition) is 7. The van der Waals surface area contributed by atoms with Gasteiger partial charge < -0.3 is 10.6 Å². The molecular formula is C16H15BrN6O2S. The van der Waals surface area contributed by atoms with Crippen LogP contribution < -0.4 is 15.8 Å². The molecule has 2 heterocycles. The van der Waals surface area contributed by atoms with E-state index in [4.69, 9.17) is 5.14 Å². The Balaban J connectivity index is 1.73. The van der Waals surface area contributed by atoms with Gasteiger partial charge in [-0.05, 0) is 52.3 Å². The highest BCUT2D eigenvalue weighted by atomic mass is 79.9. The van der Waals surface area contributed by atoms with Crippen molar-refractivity contribution in [3.8, 4) is 0 Å². The standard InChI is InChI=1S/C16H15BrN6O2S/c17-14-10-21-16(22-11-4-6-13(7-5-11)26(18,24)25)23-15(14)20-9-12-3-1-2-8-19-12/h1-8,10H,9H2,(H2,18,24,25)(H2,20,21,22,23). The second-order valence-corrected chi connectivity index (χ2v) is 7.67. The molecule has 0 atom stereocenters. The lowest BCUT2D eigenvalue weighted by Gasteiger charge is -2.10. The predicted octanol–water partition coefficient (Wildman–Crippen LogP) is 2.64. The zero-order valence-corrected chi connectivity index (χ0v) is 15.8. The van der Waals surface area contributed by atoms with Crippen molar-refractivity contribution in [2.24, 2.45) is 5.14 Å². The molecular weight excluding hydrogens is 420 g/mol. The fraction of sp³-hybridized carbons (Fsp3) is 0.0625. The van der Waals surface area contributed by atoms with E-state index in [1.165, 1.54) is 12.1 Å². The lowest BCUT2D eigenvalue weighted by molar-refractivity contribution is 0.598. The van der Waals surface area contributed by atoms with E-state index in [2.05, 4.69) is 41.5 Å². The van der Waals surface area contributed by atoms with Gasteiger partial charge >= 0.3 is 0 Å². The molecule has 134 valence electrons. The number of benzene rings is 1. The zero-order valence-electron chi connectivity index (χ0n) is 13.4. The Hall–Kier alpha value is -2.56. The number of primary sulfonamides is 1. The Morgan fingerprint density at radius 1 is 1.08 bits per heavy atom. The summed E-state index contributed by atoms with van der Waals surface area (Å²) in [6.45, 7) is 0.513. The van der Waals surface area contributed by atoms with Crippen LogP contribution in [-0.4, -0.2) is 23.4 Å². The molecule has 0 amide bonds. The molecule has 0 saturated carbocycles. The van der Waals surface area contributed by atoms with Crippen molar-refractivity contribution in [3.63, 3.8) is 0 Å². The molecule has 0 aliphatic heterocycles. The highest BCUT2D eigenvalue weighted by molar-refractivity contribution is 9.10. The van der Waals surface area contributed by atoms with E-state index in [9.17, 15) is 8.42 Å². The monoisotopic (exact) mass is 434 g/mol. The van der Waals surface area contributed by atoms with E-state index in [-0.39, 0.29) is 4.90 Å².